The van der Waals surface area contributed by atoms with Crippen molar-refractivity contribution in [2.45, 2.75) is 38.6 Å². The van der Waals surface area contributed by atoms with Crippen LogP contribution in [0.1, 0.15) is 37.1 Å². The molecule has 0 bridgehead atoms. The highest BCUT2D eigenvalue weighted by Gasteiger charge is 2.43. The molecule has 0 unspecified atom stereocenters. The summed E-state index contributed by atoms with van der Waals surface area (Å²) in [5.41, 5.74) is 0.414. The van der Waals surface area contributed by atoms with Crippen molar-refractivity contribution in [1.82, 2.24) is 4.98 Å². The Morgan fingerprint density at radius 1 is 1.23 bits per heavy atom. The van der Waals surface area contributed by atoms with Crippen LogP contribution in [0, 0.1) is 11.6 Å². The molecule has 2 heterocycles. The molecular weight excluding hydrogens is 406 g/mol. The van der Waals surface area contributed by atoms with Crippen LogP contribution in [0.25, 0.3) is 0 Å². The number of rotatable bonds is 7. The van der Waals surface area contributed by atoms with Crippen LogP contribution in [0.3, 0.4) is 0 Å². The topological polar surface area (TPSA) is 68.7 Å². The number of amides is 1. The standard InChI is InChI=1S/C23H24F2N2O4/c1-6-15(28)8-7-14-9-16-13(11-26-14)12-27(22(29)23(16,2)3)21-19(24)17(30-4)10-18(31-5)20(21)25/h6,9-11H,1,7-8,12H2,2-5H3. The first kappa shape index (κ1) is 22.4. The molecule has 0 N–H and O–H groups in total. The second kappa shape index (κ2) is 8.45. The van der Waals surface area contributed by atoms with E-state index in [0.717, 1.165) is 11.0 Å². The molecule has 6 nitrogen and oxygen atoms in total. The predicted molar refractivity (Wildman–Crippen MR) is 111 cm³/mol. The van der Waals surface area contributed by atoms with Gasteiger partial charge >= 0.3 is 0 Å². The van der Waals surface area contributed by atoms with Gasteiger partial charge in [-0.2, -0.15) is 0 Å². The number of methoxy groups -OCH3 is 2. The van der Waals surface area contributed by atoms with E-state index in [-0.39, 0.29) is 30.2 Å². The van der Waals surface area contributed by atoms with Gasteiger partial charge in [0.05, 0.1) is 26.2 Å². The highest BCUT2D eigenvalue weighted by atomic mass is 19.1. The summed E-state index contributed by atoms with van der Waals surface area (Å²) in [5, 5.41) is 0. The minimum atomic E-state index is -1.08. The molecule has 1 aromatic carbocycles. The Balaban J connectivity index is 2.07. The van der Waals surface area contributed by atoms with Crippen molar-refractivity contribution in [3.63, 3.8) is 0 Å². The van der Waals surface area contributed by atoms with Gasteiger partial charge < -0.3 is 14.4 Å². The molecule has 1 aliphatic rings. The number of carbonyl (C=O) groups excluding carboxylic acids is 2. The lowest BCUT2D eigenvalue weighted by atomic mass is 9.77. The first-order chi connectivity index (χ1) is 14.6. The van der Waals surface area contributed by atoms with E-state index >= 15 is 8.78 Å². The van der Waals surface area contributed by atoms with Gasteiger partial charge in [0.2, 0.25) is 5.91 Å². The average Bonchev–Trinajstić information content (AvgIpc) is 2.76. The fourth-order valence-corrected chi connectivity index (χ4v) is 3.71. The summed E-state index contributed by atoms with van der Waals surface area (Å²) in [7, 11) is 2.50. The van der Waals surface area contributed by atoms with Crippen molar-refractivity contribution in [3.05, 3.63) is 59.4 Å². The quantitative estimate of drug-likeness (QED) is 0.624. The SMILES string of the molecule is C=CC(=O)CCc1cc2c(cn1)CN(c1c(F)c(OC)cc(OC)c1F)C(=O)C2(C)C. The summed E-state index contributed by atoms with van der Waals surface area (Å²) >= 11 is 0. The number of nitrogens with zero attached hydrogens (tertiary/aromatic N) is 2. The molecule has 1 aromatic heterocycles. The van der Waals surface area contributed by atoms with Gasteiger partial charge in [-0.3, -0.25) is 14.6 Å². The maximum atomic E-state index is 15.0. The normalized spacial score (nSPS) is 14.8. The third-order valence-electron chi connectivity index (χ3n) is 5.50. The number of carbonyl (C=O) groups is 2. The third kappa shape index (κ3) is 3.89. The van der Waals surface area contributed by atoms with Gasteiger partial charge in [0.1, 0.15) is 5.69 Å². The molecule has 164 valence electrons. The fourth-order valence-electron chi connectivity index (χ4n) is 3.71. The average molecular weight is 430 g/mol. The Morgan fingerprint density at radius 2 is 1.84 bits per heavy atom. The number of hydrogen-bond donors (Lipinski definition) is 0. The summed E-state index contributed by atoms with van der Waals surface area (Å²) < 4.78 is 40.1. The molecule has 3 rings (SSSR count). The van der Waals surface area contributed by atoms with Crippen LogP contribution < -0.4 is 14.4 Å². The minimum Gasteiger partial charge on any atom is -0.493 e. The molecule has 1 amide bonds. The van der Waals surface area contributed by atoms with Crippen LogP contribution in [-0.4, -0.2) is 30.9 Å². The van der Waals surface area contributed by atoms with E-state index in [1.807, 2.05) is 0 Å². The highest BCUT2D eigenvalue weighted by Crippen LogP contribution is 2.42. The van der Waals surface area contributed by atoms with Crippen molar-refractivity contribution in [2.75, 3.05) is 19.1 Å². The van der Waals surface area contributed by atoms with Gasteiger partial charge in [0.15, 0.2) is 28.9 Å². The van der Waals surface area contributed by atoms with Crippen LogP contribution in [0.4, 0.5) is 14.5 Å². The van der Waals surface area contributed by atoms with Gasteiger partial charge in [-0.1, -0.05) is 6.58 Å². The Kier molecular flexibility index (Phi) is 6.10. The van der Waals surface area contributed by atoms with E-state index in [1.165, 1.54) is 20.3 Å². The zero-order chi connectivity index (χ0) is 22.9. The second-order valence-corrected chi connectivity index (χ2v) is 7.78. The molecule has 0 spiro atoms. The van der Waals surface area contributed by atoms with E-state index in [9.17, 15) is 9.59 Å². The van der Waals surface area contributed by atoms with Crippen molar-refractivity contribution < 1.29 is 27.8 Å². The number of anilines is 1. The first-order valence-electron chi connectivity index (χ1n) is 9.71. The Morgan fingerprint density at radius 3 is 2.39 bits per heavy atom. The second-order valence-electron chi connectivity index (χ2n) is 7.78. The highest BCUT2D eigenvalue weighted by molar-refractivity contribution is 6.03. The van der Waals surface area contributed by atoms with Crippen molar-refractivity contribution in [1.29, 1.82) is 0 Å². The summed E-state index contributed by atoms with van der Waals surface area (Å²) in [6.07, 6.45) is 3.50. The van der Waals surface area contributed by atoms with E-state index in [1.54, 1.807) is 26.1 Å². The summed E-state index contributed by atoms with van der Waals surface area (Å²) in [6, 6.07) is 2.87. The summed E-state index contributed by atoms with van der Waals surface area (Å²) in [6.45, 7) is 6.76. The lowest BCUT2D eigenvalue weighted by Crippen LogP contribution is -2.48. The van der Waals surface area contributed by atoms with Crippen LogP contribution in [-0.2, 0) is 28.0 Å². The first-order valence-corrected chi connectivity index (χ1v) is 9.71. The maximum absolute atomic E-state index is 15.0. The molecule has 2 aromatic rings. The van der Waals surface area contributed by atoms with E-state index in [0.29, 0.717) is 23.2 Å². The van der Waals surface area contributed by atoms with Crippen LogP contribution in [0.2, 0.25) is 0 Å². The number of halogens is 2. The lowest BCUT2D eigenvalue weighted by molar-refractivity contribution is -0.123. The van der Waals surface area contributed by atoms with Crippen LogP contribution in [0.5, 0.6) is 11.5 Å². The monoisotopic (exact) mass is 430 g/mol. The summed E-state index contributed by atoms with van der Waals surface area (Å²) in [5.74, 6) is -3.01. The lowest BCUT2D eigenvalue weighted by Gasteiger charge is -2.39. The number of aryl methyl sites for hydroxylation is 1. The molecule has 0 radical (unpaired) electrons. The largest absolute Gasteiger partial charge is 0.493 e. The predicted octanol–water partition coefficient (Wildman–Crippen LogP) is 3.89. The third-order valence-corrected chi connectivity index (χ3v) is 5.50. The van der Waals surface area contributed by atoms with Crippen molar-refractivity contribution in [2.24, 2.45) is 0 Å². The van der Waals surface area contributed by atoms with Gasteiger partial charge in [0.25, 0.3) is 0 Å². The zero-order valence-electron chi connectivity index (χ0n) is 17.9. The molecule has 0 atom stereocenters. The Bertz CT molecular complexity index is 1040. The van der Waals surface area contributed by atoms with Crippen LogP contribution in [0.15, 0.2) is 31.0 Å². The molecule has 0 aliphatic carbocycles. The number of ketones is 1. The summed E-state index contributed by atoms with van der Waals surface area (Å²) in [4.78, 5) is 30.3. The van der Waals surface area contributed by atoms with Gasteiger partial charge in [-0.05, 0) is 43.5 Å². The number of pyridine rings is 1. The number of benzene rings is 1. The van der Waals surface area contributed by atoms with E-state index in [4.69, 9.17) is 9.47 Å². The number of fused-ring (bicyclic) bond motifs is 1. The maximum Gasteiger partial charge on any atom is 0.237 e. The number of hydrogen-bond acceptors (Lipinski definition) is 5. The van der Waals surface area contributed by atoms with E-state index in [2.05, 4.69) is 11.6 Å². The molecule has 8 heteroatoms. The Hall–Kier alpha value is -3.29. The number of allylic oxidation sites excluding steroid dienone is 1. The molecule has 1 aliphatic heterocycles. The van der Waals surface area contributed by atoms with Gasteiger partial charge in [-0.15, -0.1) is 0 Å². The smallest absolute Gasteiger partial charge is 0.237 e. The van der Waals surface area contributed by atoms with Crippen molar-refractivity contribution in [3.8, 4) is 11.5 Å². The van der Waals surface area contributed by atoms with Crippen LogP contribution >= 0.6 is 0 Å². The molecule has 0 saturated heterocycles. The van der Waals surface area contributed by atoms with Gasteiger partial charge in [-0.25, -0.2) is 8.78 Å². The van der Waals surface area contributed by atoms with Gasteiger partial charge in [0, 0.05) is 24.4 Å². The minimum absolute atomic E-state index is 0.0688. The fraction of sp³-hybridized carbons (Fsp3) is 0.348. The molecule has 31 heavy (non-hydrogen) atoms. The van der Waals surface area contributed by atoms with Crippen molar-refractivity contribution >= 4 is 17.4 Å². The zero-order valence-corrected chi connectivity index (χ0v) is 17.9. The Labute approximate surface area is 179 Å². The number of aromatic nitrogens is 1. The molecule has 0 fully saturated rings. The molecular formula is C23H24F2N2O4. The van der Waals surface area contributed by atoms with E-state index < -0.39 is 28.6 Å². The molecule has 0 saturated carbocycles. The number of ether oxygens (including phenoxy) is 2.